The summed E-state index contributed by atoms with van der Waals surface area (Å²) in [6.45, 7) is 2.83. The van der Waals surface area contributed by atoms with E-state index in [1.165, 1.54) is 0 Å². The first-order valence-electron chi connectivity index (χ1n) is 6.16. The van der Waals surface area contributed by atoms with E-state index >= 15 is 0 Å². The van der Waals surface area contributed by atoms with E-state index < -0.39 is 11.6 Å². The fourth-order valence-corrected chi connectivity index (χ4v) is 2.46. The third-order valence-electron chi connectivity index (χ3n) is 3.25. The highest BCUT2D eigenvalue weighted by Crippen LogP contribution is 2.24. The third-order valence-corrected chi connectivity index (χ3v) is 3.86. The molecule has 6 heteroatoms. The van der Waals surface area contributed by atoms with Crippen LogP contribution < -0.4 is 10.6 Å². The maximum atomic E-state index is 13.6. The lowest BCUT2D eigenvalue weighted by atomic mass is 9.94. The van der Waals surface area contributed by atoms with E-state index in [2.05, 4.69) is 33.5 Å². The lowest BCUT2D eigenvalue weighted by molar-refractivity contribution is -0.119. The molecule has 2 unspecified atom stereocenters. The predicted molar refractivity (Wildman–Crippen MR) is 72.9 cm³/mol. The molecule has 2 atom stereocenters. The largest absolute Gasteiger partial charge is 0.322 e. The van der Waals surface area contributed by atoms with Crippen LogP contribution in [0.2, 0.25) is 0 Å². The van der Waals surface area contributed by atoms with Gasteiger partial charge in [-0.1, -0.05) is 6.92 Å². The molecule has 0 aliphatic carbocycles. The van der Waals surface area contributed by atoms with E-state index in [0.29, 0.717) is 12.3 Å². The van der Waals surface area contributed by atoms with Gasteiger partial charge in [-0.2, -0.15) is 0 Å². The Bertz CT molecular complexity index is 496. The van der Waals surface area contributed by atoms with Gasteiger partial charge < -0.3 is 10.6 Å². The van der Waals surface area contributed by atoms with Crippen LogP contribution in [-0.2, 0) is 4.79 Å². The summed E-state index contributed by atoms with van der Waals surface area (Å²) in [4.78, 5) is 12.0. The zero-order chi connectivity index (χ0) is 14.0. The number of benzene rings is 1. The van der Waals surface area contributed by atoms with Crippen molar-refractivity contribution in [2.24, 2.45) is 5.92 Å². The Morgan fingerprint density at radius 3 is 2.84 bits per heavy atom. The van der Waals surface area contributed by atoms with Crippen molar-refractivity contribution >= 4 is 27.5 Å². The molecule has 3 nitrogen and oxygen atoms in total. The summed E-state index contributed by atoms with van der Waals surface area (Å²) >= 11 is 2.89. The Kier molecular flexibility index (Phi) is 4.52. The van der Waals surface area contributed by atoms with Crippen molar-refractivity contribution in [2.45, 2.75) is 25.8 Å². The molecule has 1 aliphatic rings. The highest BCUT2D eigenvalue weighted by Gasteiger charge is 2.25. The maximum Gasteiger partial charge on any atom is 0.241 e. The average molecular weight is 333 g/mol. The van der Waals surface area contributed by atoms with Crippen LogP contribution in [0.5, 0.6) is 0 Å². The summed E-state index contributed by atoms with van der Waals surface area (Å²) in [5.41, 5.74) is -0.134. The van der Waals surface area contributed by atoms with Gasteiger partial charge in [0, 0.05) is 6.07 Å². The van der Waals surface area contributed by atoms with Gasteiger partial charge in [-0.05, 0) is 47.3 Å². The number of nitrogens with one attached hydrogen (secondary N) is 2. The molecule has 2 rings (SSSR count). The molecule has 19 heavy (non-hydrogen) atoms. The number of piperidine rings is 1. The van der Waals surface area contributed by atoms with Gasteiger partial charge in [-0.15, -0.1) is 0 Å². The smallest absolute Gasteiger partial charge is 0.241 e. The average Bonchev–Trinajstić information content (AvgIpc) is 2.36. The van der Waals surface area contributed by atoms with Gasteiger partial charge in [0.25, 0.3) is 0 Å². The first kappa shape index (κ1) is 14.4. The van der Waals surface area contributed by atoms with Crippen molar-refractivity contribution in [1.82, 2.24) is 5.32 Å². The van der Waals surface area contributed by atoms with Crippen molar-refractivity contribution in [2.75, 3.05) is 11.9 Å². The Labute approximate surface area is 118 Å². The number of anilines is 1. The summed E-state index contributed by atoms with van der Waals surface area (Å²) in [6.07, 6.45) is 1.72. The fourth-order valence-electron chi connectivity index (χ4n) is 2.15. The van der Waals surface area contributed by atoms with E-state index in [4.69, 9.17) is 0 Å². The van der Waals surface area contributed by atoms with E-state index in [0.717, 1.165) is 25.1 Å². The first-order valence-corrected chi connectivity index (χ1v) is 6.95. The summed E-state index contributed by atoms with van der Waals surface area (Å²) in [5, 5.41) is 5.51. The summed E-state index contributed by atoms with van der Waals surface area (Å²) in [7, 11) is 0. The first-order chi connectivity index (χ1) is 8.97. The molecule has 1 fully saturated rings. The van der Waals surface area contributed by atoms with Gasteiger partial charge in [0.05, 0.1) is 16.2 Å². The van der Waals surface area contributed by atoms with Crippen LogP contribution in [-0.4, -0.2) is 18.5 Å². The SMILES string of the molecule is CC1CCNC(C(=O)Nc2cc(F)c(Br)cc2F)C1. The number of hydrogen-bond donors (Lipinski definition) is 2. The monoisotopic (exact) mass is 332 g/mol. The van der Waals surface area contributed by atoms with Crippen LogP contribution in [0.4, 0.5) is 14.5 Å². The number of carbonyl (C=O) groups excluding carboxylic acids is 1. The topological polar surface area (TPSA) is 41.1 Å². The minimum absolute atomic E-state index is 0.0346. The number of carbonyl (C=O) groups is 1. The van der Waals surface area contributed by atoms with Gasteiger partial charge in [-0.3, -0.25) is 4.79 Å². The molecular weight excluding hydrogens is 318 g/mol. The fraction of sp³-hybridized carbons (Fsp3) is 0.462. The molecular formula is C13H15BrF2N2O. The lowest BCUT2D eigenvalue weighted by Gasteiger charge is -2.27. The van der Waals surface area contributed by atoms with Crippen LogP contribution in [0.25, 0.3) is 0 Å². The molecule has 0 bridgehead atoms. The van der Waals surface area contributed by atoms with Gasteiger partial charge in [0.15, 0.2) is 0 Å². The predicted octanol–water partition coefficient (Wildman–Crippen LogP) is 3.05. The van der Waals surface area contributed by atoms with Crippen LogP contribution in [0.15, 0.2) is 16.6 Å². The Balaban J connectivity index is 2.08. The van der Waals surface area contributed by atoms with E-state index in [-0.39, 0.29) is 22.1 Å². The van der Waals surface area contributed by atoms with Crippen molar-refractivity contribution < 1.29 is 13.6 Å². The van der Waals surface area contributed by atoms with Gasteiger partial charge in [-0.25, -0.2) is 8.78 Å². The lowest BCUT2D eigenvalue weighted by Crippen LogP contribution is -2.45. The number of halogens is 3. The molecule has 0 aromatic heterocycles. The number of rotatable bonds is 2. The van der Waals surface area contributed by atoms with E-state index in [1.54, 1.807) is 0 Å². The van der Waals surface area contributed by atoms with Crippen LogP contribution in [0.1, 0.15) is 19.8 Å². The highest BCUT2D eigenvalue weighted by molar-refractivity contribution is 9.10. The molecule has 1 amide bonds. The molecule has 1 heterocycles. The molecule has 0 spiro atoms. The Hall–Kier alpha value is -1.01. The molecule has 104 valence electrons. The van der Waals surface area contributed by atoms with Crippen molar-refractivity contribution in [1.29, 1.82) is 0 Å². The minimum Gasteiger partial charge on any atom is -0.322 e. The van der Waals surface area contributed by atoms with Crippen LogP contribution in [0, 0.1) is 17.6 Å². The minimum atomic E-state index is -0.662. The molecule has 1 aromatic carbocycles. The van der Waals surface area contributed by atoms with E-state index in [1.807, 2.05) is 0 Å². The summed E-state index contributed by atoms with van der Waals surface area (Å²) in [5.74, 6) is -1.15. The number of amides is 1. The van der Waals surface area contributed by atoms with Crippen LogP contribution in [0.3, 0.4) is 0 Å². The highest BCUT2D eigenvalue weighted by atomic mass is 79.9. The molecule has 0 saturated carbocycles. The zero-order valence-corrected chi connectivity index (χ0v) is 12.1. The van der Waals surface area contributed by atoms with Gasteiger partial charge in [0.1, 0.15) is 11.6 Å². The van der Waals surface area contributed by atoms with Gasteiger partial charge >= 0.3 is 0 Å². The van der Waals surface area contributed by atoms with Gasteiger partial charge in [0.2, 0.25) is 5.91 Å². The summed E-state index contributed by atoms with van der Waals surface area (Å²) < 4.78 is 27.0. The second kappa shape index (κ2) is 5.96. The Morgan fingerprint density at radius 2 is 2.16 bits per heavy atom. The summed E-state index contributed by atoms with van der Waals surface area (Å²) in [6, 6.07) is 1.63. The molecule has 0 radical (unpaired) electrons. The molecule has 2 N–H and O–H groups in total. The zero-order valence-electron chi connectivity index (χ0n) is 10.5. The number of hydrogen-bond acceptors (Lipinski definition) is 2. The molecule has 1 saturated heterocycles. The standard InChI is InChI=1S/C13H15BrF2N2O/c1-7-2-3-17-12(4-7)13(19)18-11-6-9(15)8(14)5-10(11)16/h5-7,12,17H,2-4H2,1H3,(H,18,19). The van der Waals surface area contributed by atoms with E-state index in [9.17, 15) is 13.6 Å². The third kappa shape index (κ3) is 3.51. The molecule has 1 aliphatic heterocycles. The molecule has 1 aromatic rings. The Morgan fingerprint density at radius 1 is 1.42 bits per heavy atom. The second-order valence-electron chi connectivity index (χ2n) is 4.87. The van der Waals surface area contributed by atoms with Crippen molar-refractivity contribution in [3.05, 3.63) is 28.2 Å². The normalized spacial score (nSPS) is 23.2. The van der Waals surface area contributed by atoms with Crippen LogP contribution >= 0.6 is 15.9 Å². The quantitative estimate of drug-likeness (QED) is 0.817. The van der Waals surface area contributed by atoms with Crippen molar-refractivity contribution in [3.8, 4) is 0 Å². The van der Waals surface area contributed by atoms with Crippen molar-refractivity contribution in [3.63, 3.8) is 0 Å². The second-order valence-corrected chi connectivity index (χ2v) is 5.73. The maximum absolute atomic E-state index is 13.6.